The maximum atomic E-state index is 9.57. The van der Waals surface area contributed by atoms with Gasteiger partial charge < -0.3 is 15.9 Å². The summed E-state index contributed by atoms with van der Waals surface area (Å²) in [4.78, 5) is 9.57. The summed E-state index contributed by atoms with van der Waals surface area (Å²) in [6, 6.07) is 12.0. The van der Waals surface area contributed by atoms with Crippen molar-refractivity contribution in [3.8, 4) is 0 Å². The van der Waals surface area contributed by atoms with Gasteiger partial charge in [-0.25, -0.2) is 0 Å². The van der Waals surface area contributed by atoms with Crippen molar-refractivity contribution in [3.05, 3.63) is 36.4 Å². The van der Waals surface area contributed by atoms with Crippen molar-refractivity contribution < 1.29 is 15.0 Å². The Morgan fingerprint density at radius 1 is 1.15 bits per heavy atom. The van der Waals surface area contributed by atoms with E-state index < -0.39 is 12.2 Å². The first-order chi connectivity index (χ1) is 6.13. The molecule has 1 atom stereocenters. The van der Waals surface area contributed by atoms with Crippen LogP contribution in [0.25, 0.3) is 0 Å². The number of benzene rings is 1. The highest BCUT2D eigenvalue weighted by Crippen LogP contribution is 1.80. The normalized spacial score (nSPS) is 10.9. The summed E-state index contributed by atoms with van der Waals surface area (Å²) in [6.07, 6.45) is -1.61. The van der Waals surface area contributed by atoms with Crippen LogP contribution in [0.1, 0.15) is 6.42 Å². The standard InChI is InChI=1S/C6H6.C3H7NO3/c1-2-4-6-5-3-1;4-2(5)1-3(6)7/h1-6H;2,5H,1,4H2,(H,6,7). The molecule has 0 aromatic heterocycles. The molecule has 13 heavy (non-hydrogen) atoms. The van der Waals surface area contributed by atoms with E-state index in [4.69, 9.17) is 10.2 Å². The largest absolute Gasteiger partial charge is 0.481 e. The van der Waals surface area contributed by atoms with E-state index in [0.29, 0.717) is 0 Å². The number of carbonyl (C=O) groups is 1. The van der Waals surface area contributed by atoms with Gasteiger partial charge in [-0.15, -0.1) is 0 Å². The molecule has 4 N–H and O–H groups in total. The number of carboxylic acid groups (broad SMARTS) is 1. The molecule has 4 nitrogen and oxygen atoms in total. The van der Waals surface area contributed by atoms with Crippen molar-refractivity contribution in [2.24, 2.45) is 5.73 Å². The minimum atomic E-state index is -1.22. The Morgan fingerprint density at radius 3 is 1.54 bits per heavy atom. The summed E-state index contributed by atoms with van der Waals surface area (Å²) < 4.78 is 0. The summed E-state index contributed by atoms with van der Waals surface area (Å²) >= 11 is 0. The molecule has 0 fully saturated rings. The van der Waals surface area contributed by atoms with E-state index in [1.54, 1.807) is 0 Å². The number of hydrogen-bond acceptors (Lipinski definition) is 3. The Hall–Kier alpha value is -1.39. The molecule has 72 valence electrons. The molecule has 0 aliphatic rings. The molecule has 1 unspecified atom stereocenters. The van der Waals surface area contributed by atoms with Gasteiger partial charge >= 0.3 is 5.97 Å². The van der Waals surface area contributed by atoms with Crippen LogP contribution in [0.3, 0.4) is 0 Å². The predicted octanol–water partition coefficient (Wildman–Crippen LogP) is 0.425. The van der Waals surface area contributed by atoms with Crippen LogP contribution < -0.4 is 5.73 Å². The second-order valence-corrected chi connectivity index (χ2v) is 2.32. The van der Waals surface area contributed by atoms with Crippen molar-refractivity contribution in [2.45, 2.75) is 12.6 Å². The number of carboxylic acids is 1. The topological polar surface area (TPSA) is 83.5 Å². The lowest BCUT2D eigenvalue weighted by Gasteiger charge is -1.94. The highest BCUT2D eigenvalue weighted by Gasteiger charge is 2.00. The quantitative estimate of drug-likeness (QED) is 0.580. The van der Waals surface area contributed by atoms with Crippen molar-refractivity contribution in [2.75, 3.05) is 0 Å². The number of rotatable bonds is 2. The van der Waals surface area contributed by atoms with E-state index in [2.05, 4.69) is 5.73 Å². The molecule has 1 rings (SSSR count). The molecule has 0 radical (unpaired) electrons. The lowest BCUT2D eigenvalue weighted by Crippen LogP contribution is -2.22. The Balaban J connectivity index is 0.000000223. The van der Waals surface area contributed by atoms with Gasteiger partial charge in [0, 0.05) is 0 Å². The van der Waals surface area contributed by atoms with Crippen LogP contribution in [0, 0.1) is 0 Å². The minimum Gasteiger partial charge on any atom is -0.481 e. The van der Waals surface area contributed by atoms with Gasteiger partial charge in [0.25, 0.3) is 0 Å². The Kier molecular flexibility index (Phi) is 6.49. The zero-order valence-corrected chi connectivity index (χ0v) is 7.13. The van der Waals surface area contributed by atoms with Crippen molar-refractivity contribution in [1.82, 2.24) is 0 Å². The van der Waals surface area contributed by atoms with Crippen LogP contribution in [-0.2, 0) is 4.79 Å². The molecule has 0 saturated carbocycles. The first kappa shape index (κ1) is 11.6. The highest BCUT2D eigenvalue weighted by molar-refractivity contribution is 5.67. The number of aliphatic hydroxyl groups excluding tert-OH is 1. The average Bonchev–Trinajstić information content (AvgIpc) is 2.06. The fourth-order valence-electron chi connectivity index (χ4n) is 0.564. The van der Waals surface area contributed by atoms with Crippen LogP contribution in [0.15, 0.2) is 36.4 Å². The third kappa shape index (κ3) is 10.6. The molecule has 0 spiro atoms. The van der Waals surface area contributed by atoms with E-state index in [1.807, 2.05) is 36.4 Å². The van der Waals surface area contributed by atoms with Gasteiger partial charge in [0.15, 0.2) is 0 Å². The average molecular weight is 183 g/mol. The number of aliphatic carboxylic acids is 1. The van der Waals surface area contributed by atoms with Crippen molar-refractivity contribution >= 4 is 5.97 Å². The number of nitrogens with two attached hydrogens (primary N) is 1. The highest BCUT2D eigenvalue weighted by atomic mass is 16.4. The Morgan fingerprint density at radius 2 is 1.46 bits per heavy atom. The third-order valence-electron chi connectivity index (χ3n) is 1.05. The van der Waals surface area contributed by atoms with Crippen molar-refractivity contribution in [3.63, 3.8) is 0 Å². The first-order valence-corrected chi connectivity index (χ1v) is 3.78. The second-order valence-electron chi connectivity index (χ2n) is 2.32. The molecule has 0 aliphatic carbocycles. The first-order valence-electron chi connectivity index (χ1n) is 3.78. The molecule has 0 aliphatic heterocycles. The van der Waals surface area contributed by atoms with Crippen LogP contribution in [-0.4, -0.2) is 22.4 Å². The molecule has 4 heteroatoms. The van der Waals surface area contributed by atoms with Gasteiger partial charge in [-0.3, -0.25) is 4.79 Å². The van der Waals surface area contributed by atoms with Crippen LogP contribution in [0.2, 0.25) is 0 Å². The van der Waals surface area contributed by atoms with E-state index in [1.165, 1.54) is 0 Å². The zero-order valence-electron chi connectivity index (χ0n) is 7.13. The van der Waals surface area contributed by atoms with E-state index >= 15 is 0 Å². The van der Waals surface area contributed by atoms with E-state index in [-0.39, 0.29) is 6.42 Å². The molecular formula is C9H13NO3. The number of hydrogen-bond donors (Lipinski definition) is 3. The summed E-state index contributed by atoms with van der Waals surface area (Å²) in [5.41, 5.74) is 4.67. The molecule has 1 aromatic rings. The van der Waals surface area contributed by atoms with Gasteiger partial charge in [0.2, 0.25) is 0 Å². The second kappa shape index (κ2) is 7.27. The van der Waals surface area contributed by atoms with Gasteiger partial charge in [0.1, 0.15) is 6.23 Å². The molecule has 0 amide bonds. The molecular weight excluding hydrogens is 170 g/mol. The smallest absolute Gasteiger partial charge is 0.307 e. The monoisotopic (exact) mass is 183 g/mol. The van der Waals surface area contributed by atoms with E-state index in [0.717, 1.165) is 0 Å². The van der Waals surface area contributed by atoms with Crippen LogP contribution in [0.5, 0.6) is 0 Å². The lowest BCUT2D eigenvalue weighted by molar-refractivity contribution is -0.139. The van der Waals surface area contributed by atoms with Crippen LogP contribution >= 0.6 is 0 Å². The fourth-order valence-corrected chi connectivity index (χ4v) is 0.564. The van der Waals surface area contributed by atoms with Gasteiger partial charge in [0.05, 0.1) is 6.42 Å². The van der Waals surface area contributed by atoms with E-state index in [9.17, 15) is 4.79 Å². The molecule has 0 saturated heterocycles. The minimum absolute atomic E-state index is 0.389. The summed E-state index contributed by atoms with van der Waals surface area (Å²) in [6.45, 7) is 0. The van der Waals surface area contributed by atoms with Gasteiger partial charge in [-0.2, -0.15) is 0 Å². The molecule has 0 bridgehead atoms. The number of aliphatic hydroxyl groups is 1. The molecule has 1 aromatic carbocycles. The summed E-state index contributed by atoms with van der Waals surface area (Å²) in [5.74, 6) is -1.09. The van der Waals surface area contributed by atoms with Crippen LogP contribution in [0.4, 0.5) is 0 Å². The zero-order chi connectivity index (χ0) is 10.1. The maximum Gasteiger partial charge on any atom is 0.307 e. The maximum absolute atomic E-state index is 9.57. The fraction of sp³-hybridized carbons (Fsp3) is 0.222. The molecule has 0 heterocycles. The third-order valence-corrected chi connectivity index (χ3v) is 1.05. The van der Waals surface area contributed by atoms with Crippen molar-refractivity contribution in [1.29, 1.82) is 0 Å². The summed E-state index contributed by atoms with van der Waals surface area (Å²) in [7, 11) is 0. The lowest BCUT2D eigenvalue weighted by atomic mass is 10.4. The van der Waals surface area contributed by atoms with Gasteiger partial charge in [-0.05, 0) is 0 Å². The Bertz CT molecular complexity index is 197. The summed E-state index contributed by atoms with van der Waals surface area (Å²) in [5, 5.41) is 16.0. The van der Waals surface area contributed by atoms with Gasteiger partial charge in [-0.1, -0.05) is 36.4 Å². The predicted molar refractivity (Wildman–Crippen MR) is 48.9 cm³/mol. The SMILES string of the molecule is NC(O)CC(=O)O.c1ccccc1. The Labute approximate surface area is 76.6 Å².